The molecule has 1 aromatic carbocycles. The first-order valence-electron chi connectivity index (χ1n) is 5.68. The fraction of sp³-hybridized carbons (Fsp3) is 0.400. The molecule has 10 nitrogen and oxygen atoms in total. The normalized spacial score (nSPS) is 14.1. The van der Waals surface area contributed by atoms with Crippen LogP contribution < -0.4 is 9.88 Å². The maximum atomic E-state index is 10.9. The Bertz CT molecular complexity index is 604. The van der Waals surface area contributed by atoms with E-state index in [0.29, 0.717) is 0 Å². The molecule has 0 fully saturated rings. The Morgan fingerprint density at radius 2 is 1.71 bits per heavy atom. The summed E-state index contributed by atoms with van der Waals surface area (Å²) in [6.45, 7) is 0. The Kier molecular flexibility index (Phi) is 5.55. The van der Waals surface area contributed by atoms with E-state index in [-0.39, 0.29) is 5.75 Å². The molecule has 21 heavy (non-hydrogen) atoms. The van der Waals surface area contributed by atoms with Crippen LogP contribution in [-0.4, -0.2) is 36.3 Å². The van der Waals surface area contributed by atoms with Gasteiger partial charge in [0.25, 0.3) is 0 Å². The van der Waals surface area contributed by atoms with E-state index in [1.807, 2.05) is 0 Å². The minimum atomic E-state index is -4.13. The summed E-state index contributed by atoms with van der Waals surface area (Å²) in [6, 6.07) is 5.96. The fourth-order valence-corrected chi connectivity index (χ4v) is 2.34. The number of ether oxygens (including phenoxy) is 1. The van der Waals surface area contributed by atoms with Crippen molar-refractivity contribution in [2.45, 2.75) is 18.7 Å². The van der Waals surface area contributed by atoms with E-state index in [4.69, 9.17) is 9.88 Å². The molecule has 2 atom stereocenters. The van der Waals surface area contributed by atoms with Gasteiger partial charge in [0, 0.05) is 4.92 Å². The van der Waals surface area contributed by atoms with E-state index in [0.717, 1.165) is 0 Å². The molecule has 0 saturated heterocycles. The van der Waals surface area contributed by atoms with Gasteiger partial charge >= 0.3 is 6.23 Å². The minimum absolute atomic E-state index is 0.150. The molecule has 11 heteroatoms. The number of nitro groups is 2. The van der Waals surface area contributed by atoms with E-state index in [1.54, 1.807) is 18.2 Å². The zero-order chi connectivity index (χ0) is 16.0. The highest BCUT2D eigenvalue weighted by Gasteiger charge is 2.36. The maximum absolute atomic E-state index is 10.9. The lowest BCUT2D eigenvalue weighted by atomic mass is 10.2. The molecular weight excluding hydrogens is 306 g/mol. The third-order valence-corrected chi connectivity index (χ3v) is 3.30. The maximum Gasteiger partial charge on any atom is 0.360 e. The van der Waals surface area contributed by atoms with Gasteiger partial charge in [-0.15, -0.1) is 0 Å². The van der Waals surface area contributed by atoms with Crippen molar-refractivity contribution in [1.82, 2.24) is 0 Å². The quantitative estimate of drug-likeness (QED) is 0.401. The second kappa shape index (κ2) is 6.95. The second-order valence-corrected chi connectivity index (χ2v) is 5.83. The van der Waals surface area contributed by atoms with Crippen LogP contribution in [0.2, 0.25) is 0 Å². The smallest absolute Gasteiger partial charge is 0.360 e. The number of nitrogens with two attached hydrogens (primary N) is 1. The summed E-state index contributed by atoms with van der Waals surface area (Å²) in [6.07, 6.45) is -2.46. The lowest BCUT2D eigenvalue weighted by Gasteiger charge is -2.14. The van der Waals surface area contributed by atoms with E-state index in [2.05, 4.69) is 0 Å². The van der Waals surface area contributed by atoms with Gasteiger partial charge in [0.05, 0.1) is 4.92 Å². The van der Waals surface area contributed by atoms with Crippen LogP contribution in [0.1, 0.15) is 6.42 Å². The molecule has 0 heterocycles. The number of hydrogen-bond donors (Lipinski definition) is 1. The van der Waals surface area contributed by atoms with E-state index in [9.17, 15) is 28.6 Å². The molecular formula is C10H13N3O7S. The molecule has 0 amide bonds. The zero-order valence-corrected chi connectivity index (χ0v) is 11.5. The Labute approximate surface area is 119 Å². The van der Waals surface area contributed by atoms with Crippen molar-refractivity contribution in [2.24, 2.45) is 5.14 Å². The molecule has 2 N–H and O–H groups in total. The molecule has 0 bridgehead atoms. The number of rotatable bonds is 8. The summed E-state index contributed by atoms with van der Waals surface area (Å²) in [4.78, 5) is 19.9. The van der Waals surface area contributed by atoms with Gasteiger partial charge < -0.3 is 4.74 Å². The summed E-state index contributed by atoms with van der Waals surface area (Å²) >= 11 is 0. The van der Waals surface area contributed by atoms with Gasteiger partial charge in [0.1, 0.15) is 17.9 Å². The lowest BCUT2D eigenvalue weighted by molar-refractivity contribution is -0.585. The molecule has 1 aromatic rings. The number of benzene rings is 1. The topological polar surface area (TPSA) is 156 Å². The number of nitrogens with zero attached hydrogens (tertiary/aromatic N) is 2. The molecule has 116 valence electrons. The van der Waals surface area contributed by atoms with Gasteiger partial charge in [-0.25, -0.2) is 13.6 Å². The highest BCUT2D eigenvalue weighted by Crippen LogP contribution is 2.15. The standard InChI is InChI=1S/C10H13N3O7S/c11-21(18,19)7-8(12(14)15)6-10(13(16)17)20-9-4-2-1-3-5-9/h1-5,8,10H,6-7H2,(H2,11,18,19). The summed E-state index contributed by atoms with van der Waals surface area (Å²) in [5.41, 5.74) is 0. The molecule has 0 radical (unpaired) electrons. The summed E-state index contributed by atoms with van der Waals surface area (Å²) < 4.78 is 26.9. The van der Waals surface area contributed by atoms with Crippen LogP contribution in [-0.2, 0) is 10.0 Å². The molecule has 0 aliphatic carbocycles. The largest absolute Gasteiger partial charge is 0.430 e. The van der Waals surface area contributed by atoms with Crippen molar-refractivity contribution < 1.29 is 23.0 Å². The second-order valence-electron chi connectivity index (χ2n) is 4.18. The monoisotopic (exact) mass is 319 g/mol. The number of primary sulfonamides is 1. The third-order valence-electron chi connectivity index (χ3n) is 2.45. The van der Waals surface area contributed by atoms with E-state index >= 15 is 0 Å². The third kappa shape index (κ3) is 6.14. The van der Waals surface area contributed by atoms with Crippen molar-refractivity contribution in [3.63, 3.8) is 0 Å². The molecule has 0 aliphatic heterocycles. The van der Waals surface area contributed by atoms with E-state index < -0.39 is 44.3 Å². The average molecular weight is 319 g/mol. The zero-order valence-electron chi connectivity index (χ0n) is 10.7. The number of sulfonamides is 1. The minimum Gasteiger partial charge on any atom is -0.430 e. The first-order valence-corrected chi connectivity index (χ1v) is 7.40. The first-order chi connectivity index (χ1) is 9.69. The van der Waals surface area contributed by atoms with Crippen molar-refractivity contribution in [1.29, 1.82) is 0 Å². The predicted molar refractivity (Wildman–Crippen MR) is 71.2 cm³/mol. The van der Waals surface area contributed by atoms with Gasteiger partial charge in [-0.2, -0.15) is 0 Å². The van der Waals surface area contributed by atoms with Crippen LogP contribution in [0.4, 0.5) is 0 Å². The van der Waals surface area contributed by atoms with Crippen LogP contribution in [0.15, 0.2) is 30.3 Å². The van der Waals surface area contributed by atoms with Gasteiger partial charge in [-0.05, 0) is 12.1 Å². The summed E-state index contributed by atoms with van der Waals surface area (Å²) in [5, 5.41) is 26.4. The van der Waals surface area contributed by atoms with Crippen molar-refractivity contribution in [3.05, 3.63) is 50.6 Å². The lowest BCUT2D eigenvalue weighted by Crippen LogP contribution is -2.39. The summed E-state index contributed by atoms with van der Waals surface area (Å²) in [7, 11) is -4.13. The van der Waals surface area contributed by atoms with Gasteiger partial charge in [-0.3, -0.25) is 20.2 Å². The van der Waals surface area contributed by atoms with Crippen LogP contribution in [0, 0.1) is 20.2 Å². The molecule has 0 aliphatic rings. The first kappa shape index (κ1) is 16.8. The molecule has 0 spiro atoms. The van der Waals surface area contributed by atoms with Gasteiger partial charge in [0.2, 0.25) is 16.1 Å². The number of para-hydroxylation sites is 1. The van der Waals surface area contributed by atoms with Crippen molar-refractivity contribution in [3.8, 4) is 5.75 Å². The Balaban J connectivity index is 2.85. The van der Waals surface area contributed by atoms with Gasteiger partial charge in [0.15, 0.2) is 0 Å². The number of hydrogen-bond acceptors (Lipinski definition) is 7. The highest BCUT2D eigenvalue weighted by molar-refractivity contribution is 7.89. The van der Waals surface area contributed by atoms with Crippen LogP contribution >= 0.6 is 0 Å². The van der Waals surface area contributed by atoms with Crippen LogP contribution in [0.25, 0.3) is 0 Å². The molecule has 0 aromatic heterocycles. The predicted octanol–water partition coefficient (Wildman–Crippen LogP) is -0.00790. The SMILES string of the molecule is NS(=O)(=O)CC(CC(Oc1ccccc1)[N+](=O)[O-])[N+](=O)[O-]. The van der Waals surface area contributed by atoms with Crippen molar-refractivity contribution >= 4 is 10.0 Å². The molecule has 0 saturated carbocycles. The highest BCUT2D eigenvalue weighted by atomic mass is 32.2. The van der Waals surface area contributed by atoms with Crippen LogP contribution in [0.5, 0.6) is 5.75 Å². The van der Waals surface area contributed by atoms with Crippen LogP contribution in [0.3, 0.4) is 0 Å². The summed E-state index contributed by atoms with van der Waals surface area (Å²) in [5.74, 6) is -0.848. The average Bonchev–Trinajstić information content (AvgIpc) is 2.36. The Morgan fingerprint density at radius 1 is 1.14 bits per heavy atom. The van der Waals surface area contributed by atoms with E-state index in [1.165, 1.54) is 12.1 Å². The Morgan fingerprint density at radius 3 is 2.14 bits per heavy atom. The fourth-order valence-electron chi connectivity index (χ4n) is 1.55. The molecule has 1 rings (SSSR count). The Hall–Kier alpha value is -2.27. The van der Waals surface area contributed by atoms with Gasteiger partial charge in [-0.1, -0.05) is 18.2 Å². The van der Waals surface area contributed by atoms with Crippen molar-refractivity contribution in [2.75, 3.05) is 5.75 Å². The molecule has 2 unspecified atom stereocenters.